The lowest BCUT2D eigenvalue weighted by atomic mass is 9.79. The van der Waals surface area contributed by atoms with Crippen LogP contribution in [0.1, 0.15) is 30.5 Å². The molecule has 5 rings (SSSR count). The molecule has 0 N–H and O–H groups in total. The van der Waals surface area contributed by atoms with Crippen LogP contribution in [0.15, 0.2) is 72.8 Å². The molecule has 26 heavy (non-hydrogen) atoms. The van der Waals surface area contributed by atoms with Gasteiger partial charge in [-0.1, -0.05) is 74.5 Å². The molecule has 1 heterocycles. The molecule has 0 saturated carbocycles. The first-order valence-electron chi connectivity index (χ1n) is 9.17. The zero-order valence-electron chi connectivity index (χ0n) is 15.4. The van der Waals surface area contributed by atoms with Gasteiger partial charge in [0.05, 0.1) is 11.2 Å². The molecular weight excluding hydrogens is 314 g/mol. The van der Waals surface area contributed by atoms with E-state index in [9.17, 15) is 0 Å². The largest absolute Gasteiger partial charge is 0.248 e. The van der Waals surface area contributed by atoms with Crippen molar-refractivity contribution in [3.63, 3.8) is 0 Å². The first-order chi connectivity index (χ1) is 12.6. The molecule has 1 aliphatic rings. The molecule has 0 spiro atoms. The molecule has 0 bridgehead atoms. The number of benzene rings is 3. The Balaban J connectivity index is 1.75. The van der Waals surface area contributed by atoms with Gasteiger partial charge in [-0.3, -0.25) is 0 Å². The van der Waals surface area contributed by atoms with Gasteiger partial charge < -0.3 is 0 Å². The van der Waals surface area contributed by atoms with E-state index < -0.39 is 0 Å². The highest BCUT2D eigenvalue weighted by Gasteiger charge is 2.37. The third-order valence-corrected chi connectivity index (χ3v) is 5.85. The van der Waals surface area contributed by atoms with Gasteiger partial charge in [-0.15, -0.1) is 0 Å². The Kier molecular flexibility index (Phi) is 3.12. The molecule has 126 valence electrons. The van der Waals surface area contributed by atoms with Gasteiger partial charge in [0, 0.05) is 16.4 Å². The summed E-state index contributed by atoms with van der Waals surface area (Å²) in [6.45, 7) is 6.92. The second kappa shape index (κ2) is 5.28. The van der Waals surface area contributed by atoms with E-state index in [0.717, 1.165) is 11.2 Å². The first-order valence-corrected chi connectivity index (χ1v) is 9.17. The van der Waals surface area contributed by atoms with Crippen LogP contribution in [0, 0.1) is 6.92 Å². The molecule has 0 saturated heterocycles. The molecule has 0 unspecified atom stereocenters. The quantitative estimate of drug-likeness (QED) is 0.386. The van der Waals surface area contributed by atoms with Crippen LogP contribution >= 0.6 is 0 Å². The summed E-state index contributed by atoms with van der Waals surface area (Å²) in [6.07, 6.45) is 0. The number of hydrogen-bond acceptors (Lipinski definition) is 1. The predicted octanol–water partition coefficient (Wildman–Crippen LogP) is 6.52. The van der Waals surface area contributed by atoms with Crippen LogP contribution < -0.4 is 0 Å². The number of fused-ring (bicyclic) bond motifs is 4. The highest BCUT2D eigenvalue weighted by Crippen LogP contribution is 2.51. The summed E-state index contributed by atoms with van der Waals surface area (Å²) < 4.78 is 0. The minimum atomic E-state index is 0.0167. The van der Waals surface area contributed by atoms with E-state index in [4.69, 9.17) is 4.98 Å². The van der Waals surface area contributed by atoms with Crippen molar-refractivity contribution >= 4 is 10.9 Å². The Morgan fingerprint density at radius 3 is 2.31 bits per heavy atom. The number of pyridine rings is 1. The van der Waals surface area contributed by atoms with E-state index in [1.54, 1.807) is 0 Å². The van der Waals surface area contributed by atoms with E-state index in [2.05, 4.69) is 93.6 Å². The van der Waals surface area contributed by atoms with Crippen molar-refractivity contribution in [1.29, 1.82) is 0 Å². The average molecular weight is 335 g/mol. The van der Waals surface area contributed by atoms with Crippen molar-refractivity contribution in [2.45, 2.75) is 26.2 Å². The molecule has 1 nitrogen and oxygen atoms in total. The number of nitrogens with zero attached hydrogens (tertiary/aromatic N) is 1. The van der Waals surface area contributed by atoms with Crippen LogP contribution in [-0.4, -0.2) is 4.98 Å². The van der Waals surface area contributed by atoms with Crippen molar-refractivity contribution in [3.8, 4) is 22.4 Å². The lowest BCUT2D eigenvalue weighted by Gasteiger charge is -2.24. The van der Waals surface area contributed by atoms with Gasteiger partial charge in [-0.05, 0) is 46.9 Å². The van der Waals surface area contributed by atoms with E-state index in [1.807, 2.05) is 0 Å². The molecule has 0 atom stereocenters. The zero-order chi connectivity index (χ0) is 17.9. The Morgan fingerprint density at radius 1 is 0.692 bits per heavy atom. The Bertz CT molecular complexity index is 1170. The van der Waals surface area contributed by atoms with Crippen LogP contribution in [-0.2, 0) is 5.41 Å². The lowest BCUT2D eigenvalue weighted by Crippen LogP contribution is -2.16. The van der Waals surface area contributed by atoms with Gasteiger partial charge in [0.15, 0.2) is 0 Å². The Labute approximate surface area is 154 Å². The second-order valence-corrected chi connectivity index (χ2v) is 7.72. The summed E-state index contributed by atoms with van der Waals surface area (Å²) in [5, 5.41) is 1.18. The number of rotatable bonds is 1. The SMILES string of the molecule is Cc1c(-c2ccc3ccccc3n2)ccc2c1C(C)(C)c1ccccc1-2. The topological polar surface area (TPSA) is 12.9 Å². The van der Waals surface area contributed by atoms with Crippen molar-refractivity contribution < 1.29 is 0 Å². The summed E-state index contributed by atoms with van der Waals surface area (Å²) in [7, 11) is 0. The fourth-order valence-electron chi connectivity index (χ4n) is 4.63. The predicted molar refractivity (Wildman–Crippen MR) is 109 cm³/mol. The summed E-state index contributed by atoms with van der Waals surface area (Å²) in [6, 6.07) is 25.9. The van der Waals surface area contributed by atoms with Gasteiger partial charge in [-0.2, -0.15) is 0 Å². The minimum absolute atomic E-state index is 0.0167. The van der Waals surface area contributed by atoms with E-state index in [-0.39, 0.29) is 5.41 Å². The summed E-state index contributed by atoms with van der Waals surface area (Å²) in [4.78, 5) is 4.93. The zero-order valence-corrected chi connectivity index (χ0v) is 15.4. The standard InChI is InChI=1S/C25H21N/c1-16-18(23-15-12-17-8-4-7-11-22(17)26-23)13-14-20-19-9-5-6-10-21(19)25(2,3)24(16)20/h4-15H,1-3H3. The van der Waals surface area contributed by atoms with E-state index >= 15 is 0 Å². The molecule has 1 aromatic heterocycles. The van der Waals surface area contributed by atoms with Crippen molar-refractivity contribution in [3.05, 3.63) is 89.5 Å². The maximum atomic E-state index is 4.93. The van der Waals surface area contributed by atoms with Gasteiger partial charge in [0.2, 0.25) is 0 Å². The number of para-hydroxylation sites is 1. The Morgan fingerprint density at radius 2 is 1.42 bits per heavy atom. The van der Waals surface area contributed by atoms with Gasteiger partial charge >= 0.3 is 0 Å². The van der Waals surface area contributed by atoms with Crippen LogP contribution in [0.25, 0.3) is 33.3 Å². The third-order valence-electron chi connectivity index (χ3n) is 5.85. The van der Waals surface area contributed by atoms with Crippen molar-refractivity contribution in [1.82, 2.24) is 4.98 Å². The van der Waals surface area contributed by atoms with Gasteiger partial charge in [-0.25, -0.2) is 4.98 Å². The van der Waals surface area contributed by atoms with Crippen LogP contribution in [0.5, 0.6) is 0 Å². The fraction of sp³-hybridized carbons (Fsp3) is 0.160. The van der Waals surface area contributed by atoms with Gasteiger partial charge in [0.1, 0.15) is 0 Å². The monoisotopic (exact) mass is 335 g/mol. The second-order valence-electron chi connectivity index (χ2n) is 7.72. The highest BCUT2D eigenvalue weighted by molar-refractivity contribution is 5.87. The average Bonchev–Trinajstić information content (AvgIpc) is 2.90. The maximum Gasteiger partial charge on any atom is 0.0712 e. The van der Waals surface area contributed by atoms with Gasteiger partial charge in [0.25, 0.3) is 0 Å². The molecule has 0 fully saturated rings. The molecule has 0 aliphatic heterocycles. The maximum absolute atomic E-state index is 4.93. The normalized spacial score (nSPS) is 14.3. The van der Waals surface area contributed by atoms with E-state index in [0.29, 0.717) is 0 Å². The highest BCUT2D eigenvalue weighted by atomic mass is 14.7. The molecule has 4 aromatic rings. The van der Waals surface area contributed by atoms with Crippen LogP contribution in [0.2, 0.25) is 0 Å². The minimum Gasteiger partial charge on any atom is -0.248 e. The molecule has 0 amide bonds. The molecule has 0 radical (unpaired) electrons. The smallest absolute Gasteiger partial charge is 0.0712 e. The summed E-state index contributed by atoms with van der Waals surface area (Å²) >= 11 is 0. The fourth-order valence-corrected chi connectivity index (χ4v) is 4.63. The molecule has 3 aromatic carbocycles. The molecular formula is C25H21N. The molecule has 1 heteroatoms. The Hall–Kier alpha value is -2.93. The summed E-state index contributed by atoms with van der Waals surface area (Å²) in [5.74, 6) is 0. The van der Waals surface area contributed by atoms with E-state index in [1.165, 1.54) is 38.8 Å². The number of aromatic nitrogens is 1. The van der Waals surface area contributed by atoms with Crippen molar-refractivity contribution in [2.24, 2.45) is 0 Å². The van der Waals surface area contributed by atoms with Crippen molar-refractivity contribution in [2.75, 3.05) is 0 Å². The van der Waals surface area contributed by atoms with Crippen LogP contribution in [0.3, 0.4) is 0 Å². The third kappa shape index (κ3) is 2.00. The molecule has 1 aliphatic carbocycles. The summed E-state index contributed by atoms with van der Waals surface area (Å²) in [5.41, 5.74) is 10.3. The lowest BCUT2D eigenvalue weighted by molar-refractivity contribution is 0.656. The van der Waals surface area contributed by atoms with Crippen LogP contribution in [0.4, 0.5) is 0 Å². The first kappa shape index (κ1) is 15.3. The number of hydrogen-bond donors (Lipinski definition) is 0.